The first-order chi connectivity index (χ1) is 11.8. The van der Waals surface area contributed by atoms with Crippen molar-refractivity contribution in [1.29, 1.82) is 0 Å². The Morgan fingerprint density at radius 2 is 1.04 bits per heavy atom. The molecule has 0 spiro atoms. The summed E-state index contributed by atoms with van der Waals surface area (Å²) >= 11 is 0. The molecule has 0 amide bonds. The first-order valence-electron chi connectivity index (χ1n) is 8.17. The van der Waals surface area contributed by atoms with Crippen LogP contribution in [0.3, 0.4) is 0 Å². The van der Waals surface area contributed by atoms with Gasteiger partial charge >= 0.3 is 8.56 Å². The molecule has 0 heterocycles. The molecule has 0 radical (unpaired) electrons. The van der Waals surface area contributed by atoms with Gasteiger partial charge in [0, 0.05) is 19.2 Å². The minimum absolute atomic E-state index is 0.814. The zero-order valence-corrected chi connectivity index (χ0v) is 14.9. The van der Waals surface area contributed by atoms with Gasteiger partial charge in [-0.2, -0.15) is 0 Å². The predicted molar refractivity (Wildman–Crippen MR) is 100 cm³/mol. The lowest BCUT2D eigenvalue weighted by atomic mass is 10.2. The molecule has 0 aliphatic heterocycles. The van der Waals surface area contributed by atoms with Crippen molar-refractivity contribution in [3.8, 4) is 5.75 Å². The van der Waals surface area contributed by atoms with Crippen molar-refractivity contribution in [2.24, 2.45) is 0 Å². The summed E-state index contributed by atoms with van der Waals surface area (Å²) in [6, 6.07) is 32.5. The third kappa shape index (κ3) is 4.34. The predicted octanol–water partition coefficient (Wildman–Crippen LogP) is 4.72. The maximum Gasteiger partial charge on any atom is 0.407 e. The van der Waals surface area contributed by atoms with Crippen molar-refractivity contribution in [1.82, 2.24) is 0 Å². The Kier molecular flexibility index (Phi) is 5.46. The quantitative estimate of drug-likeness (QED) is 0.582. The van der Waals surface area contributed by atoms with Crippen LogP contribution in [0.4, 0.5) is 0 Å². The molecule has 0 bridgehead atoms. The monoisotopic (exact) mass is 334 g/mol. The molecule has 3 aromatic rings. The van der Waals surface area contributed by atoms with Gasteiger partial charge in [-0.05, 0) is 23.3 Å². The molecular formula is C21H22O2Si. The minimum Gasteiger partial charge on any atom is -0.520 e. The Morgan fingerprint density at radius 1 is 0.625 bits per heavy atom. The van der Waals surface area contributed by atoms with E-state index in [1.165, 1.54) is 11.1 Å². The van der Waals surface area contributed by atoms with E-state index in [2.05, 4.69) is 48.5 Å². The second-order valence-electron chi connectivity index (χ2n) is 5.85. The standard InChI is InChI=1S/C21H22O2Si/c1-22-24(17-19-11-5-2-6-12-19,18-20-13-7-3-8-14-20)23-21-15-9-4-10-16-21/h2-16H,17-18H2,1H3. The molecule has 122 valence electrons. The Balaban J connectivity index is 1.91. The van der Waals surface area contributed by atoms with E-state index >= 15 is 0 Å². The van der Waals surface area contributed by atoms with Gasteiger partial charge in [0.1, 0.15) is 5.75 Å². The largest absolute Gasteiger partial charge is 0.520 e. The topological polar surface area (TPSA) is 18.5 Å². The summed E-state index contributed by atoms with van der Waals surface area (Å²) in [5.41, 5.74) is 2.50. The number of hydrogen-bond acceptors (Lipinski definition) is 2. The first-order valence-corrected chi connectivity index (χ1v) is 10.4. The molecular weight excluding hydrogens is 312 g/mol. The van der Waals surface area contributed by atoms with Crippen molar-refractivity contribution in [3.05, 3.63) is 102 Å². The molecule has 3 rings (SSSR count). The fourth-order valence-corrected chi connectivity index (χ4v) is 5.76. The lowest BCUT2D eigenvalue weighted by Crippen LogP contribution is -2.50. The van der Waals surface area contributed by atoms with Gasteiger partial charge < -0.3 is 8.85 Å². The summed E-state index contributed by atoms with van der Waals surface area (Å²) in [5, 5.41) is 0. The van der Waals surface area contributed by atoms with Crippen LogP contribution >= 0.6 is 0 Å². The maximum atomic E-state index is 6.48. The molecule has 0 aromatic heterocycles. The van der Waals surface area contributed by atoms with E-state index in [4.69, 9.17) is 8.85 Å². The Labute approximate surface area is 144 Å². The number of rotatable bonds is 7. The average Bonchev–Trinajstić information content (AvgIpc) is 2.64. The normalized spacial score (nSPS) is 11.2. The molecule has 2 nitrogen and oxygen atoms in total. The molecule has 3 heteroatoms. The number of para-hydroxylation sites is 1. The third-order valence-corrected chi connectivity index (χ3v) is 7.30. The SMILES string of the molecule is CO[Si](Cc1ccccc1)(Cc1ccccc1)Oc1ccccc1. The highest BCUT2D eigenvalue weighted by Crippen LogP contribution is 2.23. The third-order valence-electron chi connectivity index (χ3n) is 4.05. The van der Waals surface area contributed by atoms with Crippen LogP contribution < -0.4 is 4.43 Å². The molecule has 0 saturated heterocycles. The van der Waals surface area contributed by atoms with Crippen LogP contribution in [0.1, 0.15) is 11.1 Å². The molecule has 0 fully saturated rings. The fourth-order valence-electron chi connectivity index (χ4n) is 2.84. The Hall–Kier alpha value is -2.36. The second-order valence-corrected chi connectivity index (χ2v) is 9.00. The van der Waals surface area contributed by atoms with Crippen molar-refractivity contribution < 1.29 is 8.85 Å². The van der Waals surface area contributed by atoms with Crippen molar-refractivity contribution in [2.45, 2.75) is 12.1 Å². The molecule has 0 saturated carbocycles. The van der Waals surface area contributed by atoms with Crippen LogP contribution in [0.15, 0.2) is 91.0 Å². The summed E-state index contributed by atoms with van der Waals surface area (Å²) in [6.07, 6.45) is 0. The molecule has 0 unspecified atom stereocenters. The van der Waals surface area contributed by atoms with Gasteiger partial charge in [0.05, 0.1) is 0 Å². The van der Waals surface area contributed by atoms with Crippen LogP contribution in [0, 0.1) is 0 Å². The molecule has 3 aromatic carbocycles. The van der Waals surface area contributed by atoms with E-state index in [-0.39, 0.29) is 0 Å². The van der Waals surface area contributed by atoms with Crippen molar-refractivity contribution in [2.75, 3.05) is 7.11 Å². The van der Waals surface area contributed by atoms with E-state index in [1.54, 1.807) is 7.11 Å². The Morgan fingerprint density at radius 3 is 1.46 bits per heavy atom. The summed E-state index contributed by atoms with van der Waals surface area (Å²) in [6.45, 7) is 0. The second kappa shape index (κ2) is 7.95. The summed E-state index contributed by atoms with van der Waals surface area (Å²) in [7, 11) is -0.713. The van der Waals surface area contributed by atoms with E-state index in [0.717, 1.165) is 17.8 Å². The molecule has 24 heavy (non-hydrogen) atoms. The van der Waals surface area contributed by atoms with Crippen molar-refractivity contribution in [3.63, 3.8) is 0 Å². The summed E-state index contributed by atoms with van der Waals surface area (Å²) < 4.78 is 12.5. The summed E-state index contributed by atoms with van der Waals surface area (Å²) in [5.74, 6) is 0.873. The van der Waals surface area contributed by atoms with Crippen LogP contribution in [0.2, 0.25) is 0 Å². The van der Waals surface area contributed by atoms with Gasteiger partial charge in [-0.1, -0.05) is 78.9 Å². The number of benzene rings is 3. The average molecular weight is 334 g/mol. The van der Waals surface area contributed by atoms with Gasteiger partial charge in [0.2, 0.25) is 0 Å². The summed E-state index contributed by atoms with van der Waals surface area (Å²) in [4.78, 5) is 0. The van der Waals surface area contributed by atoms with Crippen molar-refractivity contribution >= 4 is 8.56 Å². The van der Waals surface area contributed by atoms with E-state index in [1.807, 2.05) is 42.5 Å². The highest BCUT2D eigenvalue weighted by molar-refractivity contribution is 6.67. The first kappa shape index (κ1) is 16.5. The van der Waals surface area contributed by atoms with Crippen LogP contribution in [-0.4, -0.2) is 15.7 Å². The highest BCUT2D eigenvalue weighted by Gasteiger charge is 2.39. The minimum atomic E-state index is -2.49. The molecule has 0 aliphatic rings. The lowest BCUT2D eigenvalue weighted by molar-refractivity contribution is 0.294. The molecule has 0 atom stereocenters. The zero-order valence-electron chi connectivity index (χ0n) is 13.9. The van der Waals surface area contributed by atoms with Gasteiger partial charge in [-0.15, -0.1) is 0 Å². The zero-order chi connectivity index (χ0) is 16.7. The van der Waals surface area contributed by atoms with Crippen LogP contribution in [-0.2, 0) is 16.5 Å². The van der Waals surface area contributed by atoms with Crippen LogP contribution in [0.5, 0.6) is 5.75 Å². The van der Waals surface area contributed by atoms with Gasteiger partial charge in [-0.3, -0.25) is 0 Å². The maximum absolute atomic E-state index is 6.48. The van der Waals surface area contributed by atoms with E-state index in [0.29, 0.717) is 0 Å². The smallest absolute Gasteiger partial charge is 0.407 e. The highest BCUT2D eigenvalue weighted by atomic mass is 28.4. The van der Waals surface area contributed by atoms with E-state index in [9.17, 15) is 0 Å². The van der Waals surface area contributed by atoms with Gasteiger partial charge in [-0.25, -0.2) is 0 Å². The lowest BCUT2D eigenvalue weighted by Gasteiger charge is -2.30. The van der Waals surface area contributed by atoms with E-state index < -0.39 is 8.56 Å². The number of hydrogen-bond donors (Lipinski definition) is 0. The fraction of sp³-hybridized carbons (Fsp3) is 0.143. The van der Waals surface area contributed by atoms with Gasteiger partial charge in [0.15, 0.2) is 0 Å². The molecule has 0 N–H and O–H groups in total. The Bertz CT molecular complexity index is 628. The van der Waals surface area contributed by atoms with Gasteiger partial charge in [0.25, 0.3) is 0 Å². The van der Waals surface area contributed by atoms with Crippen LogP contribution in [0.25, 0.3) is 0 Å². The molecule has 0 aliphatic carbocycles.